The summed E-state index contributed by atoms with van der Waals surface area (Å²) in [5.74, 6) is 0.321. The minimum absolute atomic E-state index is 0.321. The average molecular weight is 357 g/mol. The van der Waals surface area contributed by atoms with Crippen LogP contribution in [0.5, 0.6) is 5.88 Å². The van der Waals surface area contributed by atoms with Gasteiger partial charge in [0.1, 0.15) is 0 Å². The van der Waals surface area contributed by atoms with E-state index in [4.69, 9.17) is 12.2 Å². The van der Waals surface area contributed by atoms with Crippen molar-refractivity contribution in [2.45, 2.75) is 45.1 Å². The highest BCUT2D eigenvalue weighted by atomic mass is 32.1. The number of fused-ring (bicyclic) bond motifs is 1. The van der Waals surface area contributed by atoms with Crippen molar-refractivity contribution in [1.82, 2.24) is 4.57 Å². The van der Waals surface area contributed by atoms with Gasteiger partial charge in [0.2, 0.25) is 5.88 Å². The summed E-state index contributed by atoms with van der Waals surface area (Å²) in [6.07, 6.45) is 7.99. The molecule has 0 amide bonds. The van der Waals surface area contributed by atoms with Crippen LogP contribution in [-0.2, 0) is 0 Å². The topological polar surface area (TPSA) is 37.5 Å². The van der Waals surface area contributed by atoms with Crippen molar-refractivity contribution in [1.29, 1.82) is 0 Å². The van der Waals surface area contributed by atoms with Crippen molar-refractivity contribution in [3.8, 4) is 5.88 Å². The Hall–Kier alpha value is -1.72. The van der Waals surface area contributed by atoms with Crippen LogP contribution in [0.25, 0.3) is 11.6 Å². The van der Waals surface area contributed by atoms with Crippen LogP contribution in [0, 0.1) is 3.95 Å². The number of aromatic hydroxyl groups is 1. The zero-order valence-corrected chi connectivity index (χ0v) is 15.3. The number of nitrogens with zero attached hydrogens (tertiary/aromatic N) is 2. The van der Waals surface area contributed by atoms with E-state index < -0.39 is 0 Å². The number of allylic oxidation sites excluding steroid dienone is 1. The summed E-state index contributed by atoms with van der Waals surface area (Å²) >= 11 is 7.05. The summed E-state index contributed by atoms with van der Waals surface area (Å²) in [4.78, 5) is 5.46. The van der Waals surface area contributed by atoms with E-state index in [-0.39, 0.29) is 0 Å². The van der Waals surface area contributed by atoms with Gasteiger partial charge in [-0.05, 0) is 44.1 Å². The van der Waals surface area contributed by atoms with Crippen LogP contribution in [0.4, 0.5) is 5.69 Å². The van der Waals surface area contributed by atoms with Crippen LogP contribution in [-0.4, -0.2) is 15.4 Å². The van der Waals surface area contributed by atoms with Crippen molar-refractivity contribution in [2.24, 2.45) is 4.99 Å². The van der Waals surface area contributed by atoms with E-state index in [1.807, 2.05) is 35.8 Å². The molecule has 1 aromatic heterocycles. The molecule has 124 valence electrons. The molecule has 0 atom stereocenters. The maximum atomic E-state index is 10.8. The van der Waals surface area contributed by atoms with Crippen molar-refractivity contribution in [3.63, 3.8) is 0 Å². The fourth-order valence-electron chi connectivity index (χ4n) is 3.70. The number of thiazole rings is 1. The Morgan fingerprint density at radius 1 is 1.25 bits per heavy atom. The van der Waals surface area contributed by atoms with Gasteiger partial charge in [0, 0.05) is 22.9 Å². The van der Waals surface area contributed by atoms with Crippen molar-refractivity contribution in [2.75, 3.05) is 0 Å². The standard InChI is InChI=1S/C19H20N2OS2/c1-12-15(14-9-5-6-10-16(14)20-12)11-17-18(22)21(19(23)24-17)13-7-3-2-4-8-13/h5-6,9-11,13,22H,2-4,7-8H2,1H3. The molecule has 2 aromatic rings. The van der Waals surface area contributed by atoms with Crippen molar-refractivity contribution in [3.05, 3.63) is 38.7 Å². The van der Waals surface area contributed by atoms with E-state index in [9.17, 15) is 5.11 Å². The van der Waals surface area contributed by atoms with Gasteiger partial charge in [-0.3, -0.25) is 9.56 Å². The zero-order chi connectivity index (χ0) is 16.7. The molecule has 1 N–H and O–H groups in total. The minimum atomic E-state index is 0.321. The fraction of sp³-hybridized carbons (Fsp3) is 0.368. The zero-order valence-electron chi connectivity index (χ0n) is 13.7. The lowest BCUT2D eigenvalue weighted by Crippen LogP contribution is -2.12. The van der Waals surface area contributed by atoms with E-state index in [1.165, 1.54) is 30.6 Å². The summed E-state index contributed by atoms with van der Waals surface area (Å²) in [5, 5.41) is 10.8. The third-order valence-electron chi connectivity index (χ3n) is 4.93. The average Bonchev–Trinajstić information content (AvgIpc) is 3.05. The van der Waals surface area contributed by atoms with E-state index in [1.54, 1.807) is 0 Å². The molecule has 1 aliphatic carbocycles. The van der Waals surface area contributed by atoms with Gasteiger partial charge in [0.15, 0.2) is 3.95 Å². The lowest BCUT2D eigenvalue weighted by Gasteiger charge is -2.23. The summed E-state index contributed by atoms with van der Waals surface area (Å²) in [6, 6.07) is 8.47. The van der Waals surface area contributed by atoms with Crippen LogP contribution < -0.4 is 0 Å². The number of para-hydroxylation sites is 1. The van der Waals surface area contributed by atoms with Crippen LogP contribution >= 0.6 is 23.6 Å². The maximum absolute atomic E-state index is 10.8. The van der Waals surface area contributed by atoms with Crippen LogP contribution in [0.2, 0.25) is 0 Å². The van der Waals surface area contributed by atoms with E-state index in [0.29, 0.717) is 11.9 Å². The van der Waals surface area contributed by atoms with Gasteiger partial charge in [0.05, 0.1) is 10.6 Å². The van der Waals surface area contributed by atoms with Gasteiger partial charge < -0.3 is 5.11 Å². The Morgan fingerprint density at radius 2 is 2.00 bits per heavy atom. The number of benzene rings is 1. The normalized spacial score (nSPS) is 19.5. The first-order valence-electron chi connectivity index (χ1n) is 8.46. The Balaban J connectivity index is 1.76. The first-order valence-corrected chi connectivity index (χ1v) is 9.68. The number of rotatable bonds is 2. The number of hydrogen-bond acceptors (Lipinski definition) is 4. The van der Waals surface area contributed by atoms with Crippen molar-refractivity contribution < 1.29 is 5.11 Å². The lowest BCUT2D eigenvalue weighted by molar-refractivity contribution is 0.312. The van der Waals surface area contributed by atoms with Gasteiger partial charge in [0.25, 0.3) is 0 Å². The molecule has 0 saturated heterocycles. The monoisotopic (exact) mass is 356 g/mol. The molecule has 1 fully saturated rings. The molecule has 1 saturated carbocycles. The molecule has 0 spiro atoms. The predicted molar refractivity (Wildman–Crippen MR) is 104 cm³/mol. The highest BCUT2D eigenvalue weighted by Gasteiger charge is 2.23. The number of aliphatic imine (C=N–C) groups is 1. The second-order valence-corrected chi connectivity index (χ2v) is 8.17. The smallest absolute Gasteiger partial charge is 0.210 e. The molecular formula is C19H20N2OS2. The van der Waals surface area contributed by atoms with Gasteiger partial charge in [-0.1, -0.05) is 37.5 Å². The largest absolute Gasteiger partial charge is 0.493 e. The molecule has 0 unspecified atom stereocenters. The van der Waals surface area contributed by atoms with E-state index >= 15 is 0 Å². The summed E-state index contributed by atoms with van der Waals surface area (Å²) < 4.78 is 2.74. The number of aromatic nitrogens is 1. The molecular weight excluding hydrogens is 336 g/mol. The molecule has 1 aliphatic heterocycles. The Bertz CT molecular complexity index is 898. The van der Waals surface area contributed by atoms with Gasteiger partial charge >= 0.3 is 0 Å². The summed E-state index contributed by atoms with van der Waals surface area (Å²) in [7, 11) is 0. The van der Waals surface area contributed by atoms with Crippen molar-refractivity contribution >= 4 is 46.6 Å². The highest BCUT2D eigenvalue weighted by Crippen LogP contribution is 2.40. The maximum Gasteiger partial charge on any atom is 0.210 e. The number of hydrogen-bond donors (Lipinski definition) is 1. The second kappa shape index (κ2) is 6.30. The lowest BCUT2D eigenvalue weighted by atomic mass is 9.95. The van der Waals surface area contributed by atoms with Crippen LogP contribution in [0.3, 0.4) is 0 Å². The molecule has 4 rings (SSSR count). The summed E-state index contributed by atoms with van der Waals surface area (Å²) in [6.45, 7) is 2.01. The molecule has 2 heterocycles. The first-order chi connectivity index (χ1) is 11.6. The van der Waals surface area contributed by atoms with Gasteiger partial charge in [-0.15, -0.1) is 11.3 Å². The van der Waals surface area contributed by atoms with E-state index in [0.717, 1.165) is 44.2 Å². The molecule has 5 heteroatoms. The third-order valence-corrected chi connectivity index (χ3v) is 6.27. The molecule has 0 bridgehead atoms. The predicted octanol–water partition coefficient (Wildman–Crippen LogP) is 6.14. The SMILES string of the molecule is CC1=Nc2ccccc2C1=Cc1sc(=S)n(C2CCCCC2)c1O. The second-order valence-electron chi connectivity index (χ2n) is 6.49. The Kier molecular flexibility index (Phi) is 4.14. The molecule has 2 aliphatic rings. The van der Waals surface area contributed by atoms with Crippen LogP contribution in [0.15, 0.2) is 29.3 Å². The molecule has 1 aromatic carbocycles. The van der Waals surface area contributed by atoms with E-state index in [2.05, 4.69) is 11.1 Å². The van der Waals surface area contributed by atoms with Gasteiger partial charge in [-0.25, -0.2) is 0 Å². The molecule has 3 nitrogen and oxygen atoms in total. The fourth-order valence-corrected chi connectivity index (χ4v) is 5.09. The van der Waals surface area contributed by atoms with Gasteiger partial charge in [-0.2, -0.15) is 0 Å². The Labute approximate surface area is 151 Å². The highest BCUT2D eigenvalue weighted by molar-refractivity contribution is 7.73. The third kappa shape index (κ3) is 2.66. The minimum Gasteiger partial charge on any atom is -0.493 e. The van der Waals surface area contributed by atoms with Crippen LogP contribution in [0.1, 0.15) is 55.5 Å². The quantitative estimate of drug-likeness (QED) is 0.657. The molecule has 24 heavy (non-hydrogen) atoms. The first kappa shape index (κ1) is 15.8. The summed E-state index contributed by atoms with van der Waals surface area (Å²) in [5.41, 5.74) is 4.18. The Morgan fingerprint density at radius 3 is 2.79 bits per heavy atom. The molecule has 0 radical (unpaired) electrons.